The van der Waals surface area contributed by atoms with Crippen LogP contribution in [0.4, 0.5) is 0 Å². The van der Waals surface area contributed by atoms with Gasteiger partial charge in [0.15, 0.2) is 4.96 Å². The molecule has 1 N–H and O–H groups in total. The van der Waals surface area contributed by atoms with E-state index in [0.717, 1.165) is 6.42 Å². The average Bonchev–Trinajstić information content (AvgIpc) is 2.77. The first-order valence-electron chi connectivity index (χ1n) is 5.82. The van der Waals surface area contributed by atoms with Gasteiger partial charge >= 0.3 is 0 Å². The second kappa shape index (κ2) is 5.30. The van der Waals surface area contributed by atoms with E-state index < -0.39 is 0 Å². The molecular weight excluding hydrogens is 250 g/mol. The summed E-state index contributed by atoms with van der Waals surface area (Å²) in [5, 5.41) is 4.51. The van der Waals surface area contributed by atoms with Crippen LogP contribution in [-0.4, -0.2) is 21.8 Å². The summed E-state index contributed by atoms with van der Waals surface area (Å²) in [5.74, 6) is 0.164. The van der Waals surface area contributed by atoms with E-state index in [9.17, 15) is 9.59 Å². The molecule has 0 aliphatic carbocycles. The molecule has 0 spiro atoms. The molecule has 0 aliphatic heterocycles. The summed E-state index contributed by atoms with van der Waals surface area (Å²) < 4.78 is 1.39. The zero-order valence-electron chi connectivity index (χ0n) is 10.3. The van der Waals surface area contributed by atoms with E-state index in [1.54, 1.807) is 11.6 Å². The Morgan fingerprint density at radius 1 is 1.56 bits per heavy atom. The zero-order chi connectivity index (χ0) is 13.1. The number of hydrogen-bond donors (Lipinski definition) is 1. The monoisotopic (exact) mass is 265 g/mol. The maximum atomic E-state index is 12.0. The number of thiazole rings is 1. The van der Waals surface area contributed by atoms with Gasteiger partial charge in [-0.1, -0.05) is 13.8 Å². The van der Waals surface area contributed by atoms with Crippen molar-refractivity contribution in [2.75, 3.05) is 6.54 Å². The summed E-state index contributed by atoms with van der Waals surface area (Å²) in [6, 6.07) is 0. The molecule has 96 valence electrons. The minimum absolute atomic E-state index is 0.0923. The van der Waals surface area contributed by atoms with E-state index in [0.29, 0.717) is 17.4 Å². The molecule has 2 rings (SSSR count). The summed E-state index contributed by atoms with van der Waals surface area (Å²) in [6.45, 7) is 4.74. The van der Waals surface area contributed by atoms with Gasteiger partial charge in [0.25, 0.3) is 11.5 Å². The maximum Gasteiger partial charge on any atom is 0.271 e. The topological polar surface area (TPSA) is 63.5 Å². The minimum Gasteiger partial charge on any atom is -0.352 e. The number of nitrogens with zero attached hydrogens (tertiary/aromatic N) is 2. The molecule has 2 aromatic rings. The van der Waals surface area contributed by atoms with Crippen LogP contribution in [0.1, 0.15) is 30.6 Å². The zero-order valence-corrected chi connectivity index (χ0v) is 11.2. The first-order chi connectivity index (χ1) is 8.59. The Bertz CT molecular complexity index is 615. The number of carbonyl (C=O) groups is 1. The van der Waals surface area contributed by atoms with Crippen LogP contribution in [0.15, 0.2) is 22.6 Å². The third-order valence-corrected chi connectivity index (χ3v) is 3.37. The standard InChI is InChI=1S/C12H15N3O2S/c1-8(2)3-4-13-10(16)9-7-14-12-15(11(9)17)5-6-18-12/h5-8H,3-4H2,1-2H3,(H,13,16). The Morgan fingerprint density at radius 2 is 2.33 bits per heavy atom. The van der Waals surface area contributed by atoms with Crippen molar-refractivity contribution in [2.24, 2.45) is 5.92 Å². The number of fused-ring (bicyclic) bond motifs is 1. The second-order valence-corrected chi connectivity index (χ2v) is 5.34. The van der Waals surface area contributed by atoms with Gasteiger partial charge in [-0.3, -0.25) is 14.0 Å². The van der Waals surface area contributed by atoms with Crippen LogP contribution in [0.25, 0.3) is 4.96 Å². The lowest BCUT2D eigenvalue weighted by molar-refractivity contribution is 0.0950. The smallest absolute Gasteiger partial charge is 0.271 e. The fourth-order valence-electron chi connectivity index (χ4n) is 1.55. The average molecular weight is 265 g/mol. The largest absolute Gasteiger partial charge is 0.352 e. The molecule has 2 aromatic heterocycles. The Morgan fingerprint density at radius 3 is 3.06 bits per heavy atom. The minimum atomic E-state index is -0.353. The number of nitrogens with one attached hydrogen (secondary N) is 1. The molecule has 18 heavy (non-hydrogen) atoms. The third kappa shape index (κ3) is 2.59. The summed E-state index contributed by atoms with van der Waals surface area (Å²) in [4.78, 5) is 28.5. The maximum absolute atomic E-state index is 12.0. The Labute approximate surface area is 108 Å². The van der Waals surface area contributed by atoms with E-state index in [4.69, 9.17) is 0 Å². The van der Waals surface area contributed by atoms with Gasteiger partial charge in [0.2, 0.25) is 0 Å². The van der Waals surface area contributed by atoms with E-state index in [1.807, 2.05) is 0 Å². The predicted octanol–water partition coefficient (Wildman–Crippen LogP) is 1.53. The van der Waals surface area contributed by atoms with Crippen LogP contribution in [0.3, 0.4) is 0 Å². The van der Waals surface area contributed by atoms with E-state index in [2.05, 4.69) is 24.1 Å². The lowest BCUT2D eigenvalue weighted by Crippen LogP contribution is -2.32. The molecule has 0 radical (unpaired) electrons. The van der Waals surface area contributed by atoms with Crippen LogP contribution in [0, 0.1) is 5.92 Å². The Kier molecular flexibility index (Phi) is 3.76. The van der Waals surface area contributed by atoms with Crippen molar-refractivity contribution in [1.82, 2.24) is 14.7 Å². The fourth-order valence-corrected chi connectivity index (χ4v) is 2.23. The van der Waals surface area contributed by atoms with Crippen molar-refractivity contribution >= 4 is 22.2 Å². The molecule has 1 amide bonds. The molecular formula is C12H15N3O2S. The summed E-state index contributed by atoms with van der Waals surface area (Å²) in [7, 11) is 0. The Hall–Kier alpha value is -1.69. The van der Waals surface area contributed by atoms with Crippen molar-refractivity contribution in [3.8, 4) is 0 Å². The quantitative estimate of drug-likeness (QED) is 0.912. The molecule has 0 bridgehead atoms. The molecule has 6 heteroatoms. The van der Waals surface area contributed by atoms with E-state index in [1.165, 1.54) is 21.9 Å². The molecule has 2 heterocycles. The van der Waals surface area contributed by atoms with Crippen LogP contribution in [-0.2, 0) is 0 Å². The fraction of sp³-hybridized carbons (Fsp3) is 0.417. The van der Waals surface area contributed by atoms with Crippen LogP contribution in [0.2, 0.25) is 0 Å². The number of carbonyl (C=O) groups excluding carboxylic acids is 1. The van der Waals surface area contributed by atoms with Gasteiger partial charge < -0.3 is 5.32 Å². The molecule has 0 saturated carbocycles. The SMILES string of the molecule is CC(C)CCNC(=O)c1cnc2sccn2c1=O. The van der Waals surface area contributed by atoms with Crippen LogP contribution >= 0.6 is 11.3 Å². The third-order valence-electron chi connectivity index (χ3n) is 2.59. The molecule has 0 atom stereocenters. The van der Waals surface area contributed by atoms with Gasteiger partial charge in [0, 0.05) is 24.3 Å². The summed E-state index contributed by atoms with van der Waals surface area (Å²) >= 11 is 1.36. The molecule has 5 nitrogen and oxygen atoms in total. The van der Waals surface area contributed by atoms with Crippen LogP contribution in [0.5, 0.6) is 0 Å². The number of amides is 1. The molecule has 0 aliphatic rings. The normalized spacial score (nSPS) is 11.1. The van der Waals surface area contributed by atoms with Gasteiger partial charge in [-0.15, -0.1) is 11.3 Å². The highest BCUT2D eigenvalue weighted by Gasteiger charge is 2.13. The van der Waals surface area contributed by atoms with Crippen molar-refractivity contribution in [1.29, 1.82) is 0 Å². The number of rotatable bonds is 4. The lowest BCUT2D eigenvalue weighted by atomic mass is 10.1. The summed E-state index contributed by atoms with van der Waals surface area (Å²) in [6.07, 6.45) is 3.86. The van der Waals surface area contributed by atoms with Crippen molar-refractivity contribution < 1.29 is 4.79 Å². The van der Waals surface area contributed by atoms with Crippen molar-refractivity contribution in [3.63, 3.8) is 0 Å². The highest BCUT2D eigenvalue weighted by molar-refractivity contribution is 7.15. The van der Waals surface area contributed by atoms with E-state index in [-0.39, 0.29) is 17.0 Å². The van der Waals surface area contributed by atoms with Gasteiger partial charge in [-0.05, 0) is 12.3 Å². The Balaban J connectivity index is 2.17. The second-order valence-electron chi connectivity index (χ2n) is 4.47. The predicted molar refractivity (Wildman–Crippen MR) is 71.1 cm³/mol. The van der Waals surface area contributed by atoms with Crippen molar-refractivity contribution in [2.45, 2.75) is 20.3 Å². The molecule has 0 fully saturated rings. The molecule has 0 saturated heterocycles. The van der Waals surface area contributed by atoms with Gasteiger partial charge in [-0.25, -0.2) is 4.98 Å². The van der Waals surface area contributed by atoms with Gasteiger partial charge in [0.1, 0.15) is 5.56 Å². The van der Waals surface area contributed by atoms with Gasteiger partial charge in [-0.2, -0.15) is 0 Å². The van der Waals surface area contributed by atoms with Gasteiger partial charge in [0.05, 0.1) is 0 Å². The first-order valence-corrected chi connectivity index (χ1v) is 6.70. The number of hydrogen-bond acceptors (Lipinski definition) is 4. The highest BCUT2D eigenvalue weighted by Crippen LogP contribution is 2.05. The van der Waals surface area contributed by atoms with Crippen LogP contribution < -0.4 is 10.9 Å². The molecule has 0 aromatic carbocycles. The number of aromatic nitrogens is 2. The first kappa shape index (κ1) is 12.8. The summed E-state index contributed by atoms with van der Waals surface area (Å²) in [5.41, 5.74) is -0.224. The van der Waals surface area contributed by atoms with E-state index >= 15 is 0 Å². The highest BCUT2D eigenvalue weighted by atomic mass is 32.1. The molecule has 0 unspecified atom stereocenters. The van der Waals surface area contributed by atoms with Crippen molar-refractivity contribution in [3.05, 3.63) is 33.7 Å². The lowest BCUT2D eigenvalue weighted by Gasteiger charge is -2.06.